The lowest BCUT2D eigenvalue weighted by Gasteiger charge is -2.10. The van der Waals surface area contributed by atoms with Gasteiger partial charge in [0.2, 0.25) is 0 Å². The Bertz CT molecular complexity index is 325. The van der Waals surface area contributed by atoms with Crippen molar-refractivity contribution in [2.45, 2.75) is 18.9 Å². The first kappa shape index (κ1) is 11.8. The summed E-state index contributed by atoms with van der Waals surface area (Å²) in [5.74, 6) is 0. The van der Waals surface area contributed by atoms with Crippen molar-refractivity contribution in [1.29, 1.82) is 0 Å². The van der Waals surface area contributed by atoms with E-state index in [1.807, 2.05) is 12.1 Å². The SMILES string of the molecule is C=CCCC(O)c1ccc(Cl)c(Br)c1. The fourth-order valence-corrected chi connectivity index (χ4v) is 1.68. The minimum Gasteiger partial charge on any atom is -0.388 e. The number of allylic oxidation sites excluding steroid dienone is 1. The van der Waals surface area contributed by atoms with Crippen molar-refractivity contribution in [3.05, 3.63) is 45.9 Å². The molecule has 1 unspecified atom stereocenters. The van der Waals surface area contributed by atoms with Crippen LogP contribution >= 0.6 is 27.5 Å². The Balaban J connectivity index is 2.75. The number of halogens is 2. The molecule has 1 rings (SSSR count). The van der Waals surface area contributed by atoms with Gasteiger partial charge in [0.05, 0.1) is 11.1 Å². The van der Waals surface area contributed by atoms with Crippen LogP contribution in [0.5, 0.6) is 0 Å². The molecule has 1 atom stereocenters. The van der Waals surface area contributed by atoms with E-state index >= 15 is 0 Å². The van der Waals surface area contributed by atoms with Gasteiger partial charge in [-0.25, -0.2) is 0 Å². The van der Waals surface area contributed by atoms with Crippen molar-refractivity contribution in [2.75, 3.05) is 0 Å². The van der Waals surface area contributed by atoms with Crippen molar-refractivity contribution in [1.82, 2.24) is 0 Å². The summed E-state index contributed by atoms with van der Waals surface area (Å²) in [6.45, 7) is 3.62. The van der Waals surface area contributed by atoms with Crippen LogP contribution in [0.2, 0.25) is 5.02 Å². The highest BCUT2D eigenvalue weighted by Crippen LogP contribution is 2.27. The Morgan fingerprint density at radius 2 is 2.29 bits per heavy atom. The molecular formula is C11H12BrClO. The van der Waals surface area contributed by atoms with Gasteiger partial charge >= 0.3 is 0 Å². The molecule has 0 radical (unpaired) electrons. The molecule has 0 saturated carbocycles. The Hall–Kier alpha value is -0.310. The molecule has 14 heavy (non-hydrogen) atoms. The molecule has 0 spiro atoms. The Morgan fingerprint density at radius 1 is 1.57 bits per heavy atom. The van der Waals surface area contributed by atoms with Crippen molar-refractivity contribution in [3.8, 4) is 0 Å². The van der Waals surface area contributed by atoms with Gasteiger partial charge in [-0.15, -0.1) is 6.58 Å². The second-order valence-corrected chi connectivity index (χ2v) is 4.32. The average Bonchev–Trinajstić information content (AvgIpc) is 2.18. The second kappa shape index (κ2) is 5.54. The quantitative estimate of drug-likeness (QED) is 0.820. The van der Waals surface area contributed by atoms with Crippen LogP contribution in [0, 0.1) is 0 Å². The normalized spacial score (nSPS) is 12.5. The lowest BCUT2D eigenvalue weighted by Crippen LogP contribution is -1.96. The van der Waals surface area contributed by atoms with Gasteiger partial charge in [0.25, 0.3) is 0 Å². The summed E-state index contributed by atoms with van der Waals surface area (Å²) in [6.07, 6.45) is 2.86. The summed E-state index contributed by atoms with van der Waals surface area (Å²) in [5, 5.41) is 10.4. The third-order valence-corrected chi connectivity index (χ3v) is 3.19. The van der Waals surface area contributed by atoms with Crippen LogP contribution in [-0.4, -0.2) is 5.11 Å². The van der Waals surface area contributed by atoms with Gasteiger partial charge in [0.15, 0.2) is 0 Å². The molecule has 3 heteroatoms. The molecule has 1 N–H and O–H groups in total. The van der Waals surface area contributed by atoms with Gasteiger partial charge in [-0.1, -0.05) is 23.7 Å². The summed E-state index contributed by atoms with van der Waals surface area (Å²) >= 11 is 9.16. The number of hydrogen-bond donors (Lipinski definition) is 1. The highest BCUT2D eigenvalue weighted by atomic mass is 79.9. The summed E-state index contributed by atoms with van der Waals surface area (Å²) < 4.78 is 0.814. The first-order chi connectivity index (χ1) is 6.65. The highest BCUT2D eigenvalue weighted by molar-refractivity contribution is 9.10. The monoisotopic (exact) mass is 274 g/mol. The van der Waals surface area contributed by atoms with E-state index in [-0.39, 0.29) is 0 Å². The number of aliphatic hydroxyl groups is 1. The third-order valence-electron chi connectivity index (χ3n) is 1.97. The molecule has 0 saturated heterocycles. The molecule has 1 nitrogen and oxygen atoms in total. The van der Waals surface area contributed by atoms with E-state index in [0.717, 1.165) is 16.5 Å². The van der Waals surface area contributed by atoms with Gasteiger partial charge in [0, 0.05) is 4.47 Å². The van der Waals surface area contributed by atoms with Crippen LogP contribution < -0.4 is 0 Å². The largest absolute Gasteiger partial charge is 0.388 e. The molecule has 1 aromatic carbocycles. The summed E-state index contributed by atoms with van der Waals surface area (Å²) in [7, 11) is 0. The van der Waals surface area contributed by atoms with E-state index < -0.39 is 6.10 Å². The Kier molecular flexibility index (Phi) is 4.66. The number of benzene rings is 1. The Labute approximate surface area is 97.5 Å². The smallest absolute Gasteiger partial charge is 0.0793 e. The zero-order valence-electron chi connectivity index (χ0n) is 7.71. The predicted octanol–water partition coefficient (Wildman–Crippen LogP) is 4.10. The zero-order chi connectivity index (χ0) is 10.6. The van der Waals surface area contributed by atoms with Crippen molar-refractivity contribution in [3.63, 3.8) is 0 Å². The molecule has 0 aliphatic rings. The minimum atomic E-state index is -0.443. The van der Waals surface area contributed by atoms with E-state index in [1.54, 1.807) is 12.1 Å². The topological polar surface area (TPSA) is 20.2 Å². The first-order valence-electron chi connectivity index (χ1n) is 4.39. The molecule has 0 heterocycles. The molecule has 0 aromatic heterocycles. The first-order valence-corrected chi connectivity index (χ1v) is 5.56. The van der Waals surface area contributed by atoms with E-state index in [9.17, 15) is 5.11 Å². The molecule has 1 aromatic rings. The van der Waals surface area contributed by atoms with Gasteiger partial charge in [-0.2, -0.15) is 0 Å². The van der Waals surface area contributed by atoms with Gasteiger partial charge in [0.1, 0.15) is 0 Å². The maximum atomic E-state index is 9.76. The van der Waals surface area contributed by atoms with Crippen LogP contribution in [0.15, 0.2) is 35.3 Å². The van der Waals surface area contributed by atoms with Gasteiger partial charge in [-0.3, -0.25) is 0 Å². The van der Waals surface area contributed by atoms with Crippen molar-refractivity contribution >= 4 is 27.5 Å². The lowest BCUT2D eigenvalue weighted by atomic mass is 10.1. The highest BCUT2D eigenvalue weighted by Gasteiger charge is 2.07. The third kappa shape index (κ3) is 3.12. The predicted molar refractivity (Wildman–Crippen MR) is 63.5 cm³/mol. The maximum Gasteiger partial charge on any atom is 0.0793 e. The molecule has 0 fully saturated rings. The fraction of sp³-hybridized carbons (Fsp3) is 0.273. The van der Waals surface area contributed by atoms with Crippen molar-refractivity contribution in [2.24, 2.45) is 0 Å². The lowest BCUT2D eigenvalue weighted by molar-refractivity contribution is 0.168. The van der Waals surface area contributed by atoms with Crippen LogP contribution in [0.4, 0.5) is 0 Å². The standard InChI is InChI=1S/C11H12BrClO/c1-2-3-4-11(14)8-5-6-10(13)9(12)7-8/h2,5-7,11,14H,1,3-4H2. The van der Waals surface area contributed by atoms with Gasteiger partial charge in [-0.05, 0) is 46.5 Å². The van der Waals surface area contributed by atoms with E-state index in [4.69, 9.17) is 11.6 Å². The number of aliphatic hydroxyl groups excluding tert-OH is 1. The van der Waals surface area contributed by atoms with E-state index in [2.05, 4.69) is 22.5 Å². The Morgan fingerprint density at radius 3 is 2.86 bits per heavy atom. The van der Waals surface area contributed by atoms with Crippen LogP contribution in [0.3, 0.4) is 0 Å². The zero-order valence-corrected chi connectivity index (χ0v) is 10.1. The molecule has 0 bridgehead atoms. The molecular weight excluding hydrogens is 263 g/mol. The van der Waals surface area contributed by atoms with Crippen LogP contribution in [-0.2, 0) is 0 Å². The molecule has 76 valence electrons. The summed E-state index contributed by atoms with van der Waals surface area (Å²) in [5.41, 5.74) is 0.878. The fourth-order valence-electron chi connectivity index (χ4n) is 1.16. The number of rotatable bonds is 4. The van der Waals surface area contributed by atoms with Crippen molar-refractivity contribution < 1.29 is 5.11 Å². The molecule has 0 aliphatic heterocycles. The maximum absolute atomic E-state index is 9.76. The van der Waals surface area contributed by atoms with Crippen LogP contribution in [0.1, 0.15) is 24.5 Å². The average molecular weight is 276 g/mol. The summed E-state index contributed by atoms with van der Waals surface area (Å²) in [6, 6.07) is 5.45. The summed E-state index contributed by atoms with van der Waals surface area (Å²) in [4.78, 5) is 0. The van der Waals surface area contributed by atoms with Crippen LogP contribution in [0.25, 0.3) is 0 Å². The number of hydrogen-bond acceptors (Lipinski definition) is 1. The molecule has 0 amide bonds. The second-order valence-electron chi connectivity index (χ2n) is 3.06. The minimum absolute atomic E-state index is 0.443. The van der Waals surface area contributed by atoms with E-state index in [1.165, 1.54) is 0 Å². The van der Waals surface area contributed by atoms with Gasteiger partial charge < -0.3 is 5.11 Å². The molecule has 0 aliphatic carbocycles. The van der Waals surface area contributed by atoms with E-state index in [0.29, 0.717) is 11.4 Å².